The summed E-state index contributed by atoms with van der Waals surface area (Å²) in [6.07, 6.45) is 4.31. The average Bonchev–Trinajstić information content (AvgIpc) is 2.71. The van der Waals surface area contributed by atoms with Crippen molar-refractivity contribution in [3.8, 4) is 5.75 Å². The Kier molecular flexibility index (Phi) is 6.15. The van der Waals surface area contributed by atoms with Gasteiger partial charge >= 0.3 is 0 Å². The van der Waals surface area contributed by atoms with Crippen molar-refractivity contribution in [2.24, 2.45) is 0 Å². The smallest absolute Gasteiger partial charge is 0.227 e. The molecule has 3 aromatic rings. The first-order valence-corrected chi connectivity index (χ1v) is 8.73. The van der Waals surface area contributed by atoms with Crippen LogP contribution in [-0.4, -0.2) is 18.0 Å². The highest BCUT2D eigenvalue weighted by atomic mass is 19.1. The maximum atomic E-state index is 13.7. The van der Waals surface area contributed by atoms with E-state index in [1.807, 2.05) is 36.4 Å². The van der Waals surface area contributed by atoms with Gasteiger partial charge in [0.1, 0.15) is 11.6 Å². The van der Waals surface area contributed by atoms with Gasteiger partial charge in [-0.1, -0.05) is 24.3 Å². The summed E-state index contributed by atoms with van der Waals surface area (Å²) in [5.74, 6) is 0.343. The van der Waals surface area contributed by atoms with Crippen molar-refractivity contribution in [2.75, 3.05) is 12.0 Å². The monoisotopic (exact) mass is 364 g/mol. The number of carbonyl (C=O) groups excluding carboxylic acids is 1. The first-order chi connectivity index (χ1) is 13.2. The normalized spacial score (nSPS) is 10.4. The van der Waals surface area contributed by atoms with Gasteiger partial charge in [-0.05, 0) is 53.9 Å². The Labute approximate surface area is 158 Å². The molecule has 0 fully saturated rings. The second kappa shape index (κ2) is 8.94. The number of rotatable bonds is 7. The molecule has 0 bridgehead atoms. The summed E-state index contributed by atoms with van der Waals surface area (Å²) in [6, 6.07) is 17.5. The molecular formula is C22H21FN2O2. The van der Waals surface area contributed by atoms with Crippen LogP contribution in [0.5, 0.6) is 5.75 Å². The molecular weight excluding hydrogens is 343 g/mol. The highest BCUT2D eigenvalue weighted by Gasteiger charge is 2.17. The van der Waals surface area contributed by atoms with E-state index in [2.05, 4.69) is 4.98 Å². The van der Waals surface area contributed by atoms with Gasteiger partial charge in [0.25, 0.3) is 0 Å². The van der Waals surface area contributed by atoms with Crippen LogP contribution in [0.1, 0.15) is 17.5 Å². The number of halogens is 1. The summed E-state index contributed by atoms with van der Waals surface area (Å²) in [7, 11) is 1.62. The minimum atomic E-state index is -0.369. The van der Waals surface area contributed by atoms with Crippen LogP contribution in [0.2, 0.25) is 0 Å². The molecule has 0 aliphatic rings. The van der Waals surface area contributed by atoms with Crippen LogP contribution in [0.15, 0.2) is 73.1 Å². The number of benzene rings is 2. The average molecular weight is 364 g/mol. The van der Waals surface area contributed by atoms with Gasteiger partial charge in [-0.15, -0.1) is 0 Å². The highest BCUT2D eigenvalue weighted by Crippen LogP contribution is 2.20. The molecule has 0 aliphatic heterocycles. The van der Waals surface area contributed by atoms with Crippen molar-refractivity contribution in [3.63, 3.8) is 0 Å². The van der Waals surface area contributed by atoms with E-state index >= 15 is 0 Å². The lowest BCUT2D eigenvalue weighted by molar-refractivity contribution is -0.118. The van der Waals surface area contributed by atoms with Gasteiger partial charge in [-0.2, -0.15) is 0 Å². The summed E-state index contributed by atoms with van der Waals surface area (Å²) < 4.78 is 18.8. The zero-order valence-electron chi connectivity index (χ0n) is 15.1. The summed E-state index contributed by atoms with van der Waals surface area (Å²) in [5.41, 5.74) is 2.47. The third-order valence-electron chi connectivity index (χ3n) is 4.27. The van der Waals surface area contributed by atoms with Gasteiger partial charge < -0.3 is 9.64 Å². The third-order valence-corrected chi connectivity index (χ3v) is 4.27. The topological polar surface area (TPSA) is 42.4 Å². The largest absolute Gasteiger partial charge is 0.497 e. The molecule has 0 atom stereocenters. The number of aromatic nitrogens is 1. The van der Waals surface area contributed by atoms with Crippen LogP contribution >= 0.6 is 0 Å². The van der Waals surface area contributed by atoms with Crippen molar-refractivity contribution in [1.82, 2.24) is 4.98 Å². The Morgan fingerprint density at radius 3 is 2.56 bits per heavy atom. The SMILES string of the molecule is COc1ccc(CCC(=O)N(Cc2cccnc2)c2cccc(F)c2)cc1. The second-order valence-corrected chi connectivity index (χ2v) is 6.17. The van der Waals surface area contributed by atoms with E-state index in [9.17, 15) is 9.18 Å². The van der Waals surface area contributed by atoms with Crippen molar-refractivity contribution in [2.45, 2.75) is 19.4 Å². The fraction of sp³-hybridized carbons (Fsp3) is 0.182. The zero-order chi connectivity index (χ0) is 19.1. The summed E-state index contributed by atoms with van der Waals surface area (Å²) in [5, 5.41) is 0. The maximum Gasteiger partial charge on any atom is 0.227 e. The lowest BCUT2D eigenvalue weighted by Crippen LogP contribution is -2.30. The molecule has 3 rings (SSSR count). The number of ether oxygens (including phenoxy) is 1. The molecule has 0 spiro atoms. The lowest BCUT2D eigenvalue weighted by Gasteiger charge is -2.23. The molecule has 0 unspecified atom stereocenters. The van der Waals surface area contributed by atoms with Gasteiger partial charge in [0.05, 0.1) is 13.7 Å². The van der Waals surface area contributed by atoms with Gasteiger partial charge in [0.15, 0.2) is 0 Å². The predicted octanol–water partition coefficient (Wildman–Crippen LogP) is 4.40. The number of hydrogen-bond donors (Lipinski definition) is 0. The highest BCUT2D eigenvalue weighted by molar-refractivity contribution is 5.93. The number of carbonyl (C=O) groups is 1. The summed E-state index contributed by atoms with van der Waals surface area (Å²) >= 11 is 0. The van der Waals surface area contributed by atoms with Crippen LogP contribution in [0.3, 0.4) is 0 Å². The van der Waals surface area contributed by atoms with Gasteiger partial charge in [-0.3, -0.25) is 9.78 Å². The molecule has 0 saturated heterocycles. The predicted molar refractivity (Wildman–Crippen MR) is 103 cm³/mol. The van der Waals surface area contributed by atoms with Crippen molar-refractivity contribution in [3.05, 3.63) is 90.0 Å². The Bertz CT molecular complexity index is 882. The summed E-state index contributed by atoms with van der Waals surface area (Å²) in [6.45, 7) is 0.346. The lowest BCUT2D eigenvalue weighted by atomic mass is 10.1. The minimum absolute atomic E-state index is 0.0692. The minimum Gasteiger partial charge on any atom is -0.497 e. The zero-order valence-corrected chi connectivity index (χ0v) is 15.1. The van der Waals surface area contributed by atoms with Crippen LogP contribution in [0, 0.1) is 5.82 Å². The van der Waals surface area contributed by atoms with Gasteiger partial charge in [0.2, 0.25) is 5.91 Å². The van der Waals surface area contributed by atoms with Gasteiger partial charge in [-0.25, -0.2) is 4.39 Å². The van der Waals surface area contributed by atoms with E-state index in [0.717, 1.165) is 16.9 Å². The van der Waals surface area contributed by atoms with Crippen LogP contribution in [-0.2, 0) is 17.8 Å². The molecule has 1 heterocycles. The molecule has 27 heavy (non-hydrogen) atoms. The molecule has 0 N–H and O–H groups in total. The fourth-order valence-electron chi connectivity index (χ4n) is 2.82. The molecule has 4 nitrogen and oxygen atoms in total. The van der Waals surface area contributed by atoms with E-state index in [4.69, 9.17) is 4.74 Å². The quantitative estimate of drug-likeness (QED) is 0.624. The van der Waals surface area contributed by atoms with Crippen molar-refractivity contribution >= 4 is 11.6 Å². The Morgan fingerprint density at radius 2 is 1.89 bits per heavy atom. The first-order valence-electron chi connectivity index (χ1n) is 8.73. The molecule has 5 heteroatoms. The van der Waals surface area contributed by atoms with E-state index < -0.39 is 0 Å². The standard InChI is InChI=1S/C22H21FN2O2/c1-27-21-10-7-17(8-11-21)9-12-22(26)25(16-18-4-3-13-24-15-18)20-6-2-5-19(23)14-20/h2-8,10-11,13-15H,9,12,16H2,1H3. The Hall–Kier alpha value is -3.21. The maximum absolute atomic E-state index is 13.7. The molecule has 0 radical (unpaired) electrons. The molecule has 2 aromatic carbocycles. The van der Waals surface area contributed by atoms with Crippen LogP contribution in [0.4, 0.5) is 10.1 Å². The number of nitrogens with zero attached hydrogens (tertiary/aromatic N) is 2. The number of aryl methyl sites for hydroxylation is 1. The number of pyridine rings is 1. The molecule has 1 amide bonds. The molecule has 138 valence electrons. The number of anilines is 1. The fourth-order valence-corrected chi connectivity index (χ4v) is 2.82. The van der Waals surface area contributed by atoms with E-state index in [1.165, 1.54) is 12.1 Å². The van der Waals surface area contributed by atoms with E-state index in [0.29, 0.717) is 25.1 Å². The van der Waals surface area contributed by atoms with Gasteiger partial charge in [0, 0.05) is 24.5 Å². The summed E-state index contributed by atoms with van der Waals surface area (Å²) in [4.78, 5) is 18.6. The number of methoxy groups -OCH3 is 1. The van der Waals surface area contributed by atoms with E-state index in [-0.39, 0.29) is 11.7 Å². The Balaban J connectivity index is 1.75. The second-order valence-electron chi connectivity index (χ2n) is 6.17. The first kappa shape index (κ1) is 18.6. The van der Waals surface area contributed by atoms with Crippen molar-refractivity contribution < 1.29 is 13.9 Å². The van der Waals surface area contributed by atoms with Crippen LogP contribution < -0.4 is 9.64 Å². The molecule has 0 aliphatic carbocycles. The van der Waals surface area contributed by atoms with Crippen LogP contribution in [0.25, 0.3) is 0 Å². The third kappa shape index (κ3) is 5.14. The number of amides is 1. The molecule has 1 aromatic heterocycles. The number of hydrogen-bond acceptors (Lipinski definition) is 3. The van der Waals surface area contributed by atoms with Crippen molar-refractivity contribution in [1.29, 1.82) is 0 Å². The van der Waals surface area contributed by atoms with E-state index in [1.54, 1.807) is 36.5 Å². The Morgan fingerprint density at radius 1 is 1.07 bits per heavy atom. The molecule has 0 saturated carbocycles.